The third-order valence-corrected chi connectivity index (χ3v) is 2.92. The highest BCUT2D eigenvalue weighted by molar-refractivity contribution is 5.67. The Hall–Kier alpha value is -1.36. The first-order valence-corrected chi connectivity index (χ1v) is 6.21. The fraction of sp³-hybridized carbons (Fsp3) is 0.538. The SMILES string of the molecule is CCN(CC)CC(C)Nc1cc(F)cc(F)c1N. The van der Waals surface area contributed by atoms with Gasteiger partial charge in [0.25, 0.3) is 0 Å². The number of nitrogens with zero attached hydrogens (tertiary/aromatic N) is 1. The summed E-state index contributed by atoms with van der Waals surface area (Å²) in [5.41, 5.74) is 5.85. The number of halogens is 2. The van der Waals surface area contributed by atoms with Crippen LogP contribution in [0.25, 0.3) is 0 Å². The smallest absolute Gasteiger partial charge is 0.151 e. The molecule has 0 bridgehead atoms. The number of nitrogens with two attached hydrogens (primary N) is 1. The van der Waals surface area contributed by atoms with E-state index >= 15 is 0 Å². The summed E-state index contributed by atoms with van der Waals surface area (Å²) in [7, 11) is 0. The Morgan fingerprint density at radius 3 is 2.44 bits per heavy atom. The van der Waals surface area contributed by atoms with E-state index in [9.17, 15) is 8.78 Å². The Labute approximate surface area is 107 Å². The number of benzene rings is 1. The first-order chi connectivity index (χ1) is 8.47. The molecule has 1 atom stereocenters. The molecule has 0 aliphatic rings. The van der Waals surface area contributed by atoms with E-state index in [0.717, 1.165) is 25.7 Å². The number of nitrogen functional groups attached to an aromatic ring is 1. The van der Waals surface area contributed by atoms with Crippen molar-refractivity contribution < 1.29 is 8.78 Å². The lowest BCUT2D eigenvalue weighted by atomic mass is 10.2. The molecule has 1 rings (SSSR count). The van der Waals surface area contributed by atoms with Crippen LogP contribution in [0.3, 0.4) is 0 Å². The molecule has 0 heterocycles. The van der Waals surface area contributed by atoms with Crippen molar-refractivity contribution in [3.8, 4) is 0 Å². The lowest BCUT2D eigenvalue weighted by molar-refractivity contribution is 0.295. The van der Waals surface area contributed by atoms with Gasteiger partial charge in [-0.3, -0.25) is 0 Å². The summed E-state index contributed by atoms with van der Waals surface area (Å²) in [6.07, 6.45) is 0. The number of likely N-dealkylation sites (N-methyl/N-ethyl adjacent to an activating group) is 1. The van der Waals surface area contributed by atoms with Gasteiger partial charge < -0.3 is 16.0 Å². The van der Waals surface area contributed by atoms with Gasteiger partial charge in [-0.15, -0.1) is 0 Å². The largest absolute Gasteiger partial charge is 0.395 e. The number of hydrogen-bond acceptors (Lipinski definition) is 3. The van der Waals surface area contributed by atoms with Crippen LogP contribution in [0.4, 0.5) is 20.2 Å². The molecule has 0 radical (unpaired) electrons. The van der Waals surface area contributed by atoms with Crippen molar-refractivity contribution in [1.82, 2.24) is 4.90 Å². The lowest BCUT2D eigenvalue weighted by Crippen LogP contribution is -2.35. The molecule has 1 aromatic rings. The van der Waals surface area contributed by atoms with Gasteiger partial charge in [0.1, 0.15) is 5.82 Å². The molecule has 0 aliphatic carbocycles. The Morgan fingerprint density at radius 2 is 1.89 bits per heavy atom. The summed E-state index contributed by atoms with van der Waals surface area (Å²) in [6.45, 7) is 8.79. The lowest BCUT2D eigenvalue weighted by Gasteiger charge is -2.24. The molecule has 3 N–H and O–H groups in total. The highest BCUT2D eigenvalue weighted by Crippen LogP contribution is 2.24. The molecule has 0 fully saturated rings. The minimum Gasteiger partial charge on any atom is -0.395 e. The Morgan fingerprint density at radius 1 is 1.28 bits per heavy atom. The van der Waals surface area contributed by atoms with E-state index in [2.05, 4.69) is 24.1 Å². The molecule has 0 spiro atoms. The van der Waals surface area contributed by atoms with Crippen LogP contribution in [0.2, 0.25) is 0 Å². The summed E-state index contributed by atoms with van der Waals surface area (Å²) in [4.78, 5) is 2.23. The highest BCUT2D eigenvalue weighted by atomic mass is 19.1. The maximum absolute atomic E-state index is 13.3. The Kier molecular flexibility index (Phi) is 5.34. The zero-order valence-corrected chi connectivity index (χ0v) is 11.1. The number of nitrogens with one attached hydrogen (secondary N) is 1. The zero-order valence-electron chi connectivity index (χ0n) is 11.1. The molecule has 0 aromatic heterocycles. The van der Waals surface area contributed by atoms with Gasteiger partial charge in [0.15, 0.2) is 5.82 Å². The average Bonchev–Trinajstić information content (AvgIpc) is 2.32. The predicted octanol–water partition coefficient (Wildman–Crippen LogP) is 2.69. The van der Waals surface area contributed by atoms with Gasteiger partial charge in [0.2, 0.25) is 0 Å². The van der Waals surface area contributed by atoms with Crippen molar-refractivity contribution in [2.24, 2.45) is 0 Å². The maximum Gasteiger partial charge on any atom is 0.151 e. The number of anilines is 2. The molecule has 1 unspecified atom stereocenters. The van der Waals surface area contributed by atoms with Crippen molar-refractivity contribution in [3.05, 3.63) is 23.8 Å². The van der Waals surface area contributed by atoms with Gasteiger partial charge >= 0.3 is 0 Å². The normalized spacial score (nSPS) is 12.8. The van der Waals surface area contributed by atoms with Gasteiger partial charge in [-0.1, -0.05) is 13.8 Å². The number of rotatable bonds is 6. The van der Waals surface area contributed by atoms with E-state index in [1.54, 1.807) is 0 Å². The summed E-state index contributed by atoms with van der Waals surface area (Å²) < 4.78 is 26.4. The van der Waals surface area contributed by atoms with Crippen molar-refractivity contribution in [3.63, 3.8) is 0 Å². The van der Waals surface area contributed by atoms with Gasteiger partial charge in [-0.05, 0) is 26.1 Å². The highest BCUT2D eigenvalue weighted by Gasteiger charge is 2.12. The van der Waals surface area contributed by atoms with Gasteiger partial charge in [-0.25, -0.2) is 8.78 Å². The fourth-order valence-electron chi connectivity index (χ4n) is 1.88. The van der Waals surface area contributed by atoms with Gasteiger partial charge in [-0.2, -0.15) is 0 Å². The van der Waals surface area contributed by atoms with E-state index in [1.807, 2.05) is 6.92 Å². The van der Waals surface area contributed by atoms with Crippen LogP contribution < -0.4 is 11.1 Å². The van der Waals surface area contributed by atoms with Crippen LogP contribution in [-0.2, 0) is 0 Å². The van der Waals surface area contributed by atoms with Crippen LogP contribution in [0, 0.1) is 11.6 Å². The summed E-state index contributed by atoms with van der Waals surface area (Å²) in [5, 5.41) is 3.04. The molecule has 3 nitrogen and oxygen atoms in total. The second kappa shape index (κ2) is 6.54. The van der Waals surface area contributed by atoms with Crippen LogP contribution in [-0.4, -0.2) is 30.6 Å². The summed E-state index contributed by atoms with van der Waals surface area (Å²) in [5.74, 6) is -1.35. The molecule has 0 saturated carbocycles. The first-order valence-electron chi connectivity index (χ1n) is 6.21. The summed E-state index contributed by atoms with van der Waals surface area (Å²) in [6, 6.07) is 2.07. The standard InChI is InChI=1S/C13H21F2N3/c1-4-18(5-2)8-9(3)17-12-7-10(14)6-11(15)13(12)16/h6-7,9,17H,4-5,8,16H2,1-3H3. The Balaban J connectivity index is 2.72. The van der Waals surface area contributed by atoms with E-state index in [0.29, 0.717) is 5.69 Å². The molecular weight excluding hydrogens is 236 g/mol. The van der Waals surface area contributed by atoms with Crippen molar-refractivity contribution in [1.29, 1.82) is 0 Å². The number of hydrogen-bond donors (Lipinski definition) is 2. The quantitative estimate of drug-likeness (QED) is 0.770. The van der Waals surface area contributed by atoms with Crippen molar-refractivity contribution in [2.75, 3.05) is 30.7 Å². The van der Waals surface area contributed by atoms with Crippen LogP contribution in [0.15, 0.2) is 12.1 Å². The van der Waals surface area contributed by atoms with Gasteiger partial charge in [0, 0.05) is 18.7 Å². The molecule has 5 heteroatoms. The van der Waals surface area contributed by atoms with E-state index in [1.165, 1.54) is 6.07 Å². The molecule has 0 aliphatic heterocycles. The van der Waals surface area contributed by atoms with E-state index in [4.69, 9.17) is 5.73 Å². The monoisotopic (exact) mass is 257 g/mol. The van der Waals surface area contributed by atoms with Gasteiger partial charge in [0.05, 0.1) is 11.4 Å². The zero-order chi connectivity index (χ0) is 13.7. The average molecular weight is 257 g/mol. The second-order valence-corrected chi connectivity index (χ2v) is 4.38. The maximum atomic E-state index is 13.3. The molecule has 1 aromatic carbocycles. The van der Waals surface area contributed by atoms with Crippen molar-refractivity contribution >= 4 is 11.4 Å². The van der Waals surface area contributed by atoms with Crippen LogP contribution in [0.1, 0.15) is 20.8 Å². The first kappa shape index (κ1) is 14.7. The van der Waals surface area contributed by atoms with E-state index < -0.39 is 11.6 Å². The minimum absolute atomic E-state index is 0.0391. The molecule has 0 amide bonds. The van der Waals surface area contributed by atoms with Crippen LogP contribution >= 0.6 is 0 Å². The third-order valence-electron chi connectivity index (χ3n) is 2.92. The fourth-order valence-corrected chi connectivity index (χ4v) is 1.88. The van der Waals surface area contributed by atoms with Crippen LogP contribution in [0.5, 0.6) is 0 Å². The predicted molar refractivity (Wildman–Crippen MR) is 71.6 cm³/mol. The third kappa shape index (κ3) is 3.84. The molecule has 102 valence electrons. The molecular formula is C13H21F2N3. The summed E-state index contributed by atoms with van der Waals surface area (Å²) >= 11 is 0. The Bertz CT molecular complexity index is 392. The van der Waals surface area contributed by atoms with Crippen molar-refractivity contribution in [2.45, 2.75) is 26.8 Å². The second-order valence-electron chi connectivity index (χ2n) is 4.38. The molecule has 0 saturated heterocycles. The minimum atomic E-state index is -0.729. The van der Waals surface area contributed by atoms with E-state index in [-0.39, 0.29) is 11.7 Å². The topological polar surface area (TPSA) is 41.3 Å². The molecule has 18 heavy (non-hydrogen) atoms.